The Morgan fingerprint density at radius 3 is 2.90 bits per heavy atom. The van der Waals surface area contributed by atoms with Crippen LogP contribution in [0.2, 0.25) is 4.34 Å². The minimum atomic E-state index is 0. The Bertz CT molecular complexity index is 434. The van der Waals surface area contributed by atoms with Crippen molar-refractivity contribution >= 4 is 64.6 Å². The number of guanidine groups is 1. The highest BCUT2D eigenvalue weighted by Gasteiger charge is 2.14. The van der Waals surface area contributed by atoms with E-state index in [9.17, 15) is 0 Å². The Hall–Kier alpha value is 0.340. The molecule has 21 heavy (non-hydrogen) atoms. The fourth-order valence-electron chi connectivity index (χ4n) is 2.11. The predicted molar refractivity (Wildman–Crippen MR) is 108 cm³/mol. The van der Waals surface area contributed by atoms with Gasteiger partial charge in [-0.25, -0.2) is 0 Å². The molecular weight excluding hydrogens is 437 g/mol. The lowest BCUT2D eigenvalue weighted by Crippen LogP contribution is -2.38. The van der Waals surface area contributed by atoms with Gasteiger partial charge in [0.15, 0.2) is 5.96 Å². The second-order valence-corrected chi connectivity index (χ2v) is 7.95. The third-order valence-corrected chi connectivity index (χ3v) is 5.79. The summed E-state index contributed by atoms with van der Waals surface area (Å²) in [5, 5.41) is 7.41. The second kappa shape index (κ2) is 11.0. The van der Waals surface area contributed by atoms with Crippen LogP contribution >= 0.6 is 58.7 Å². The molecular formula is C14H23ClIN3S2. The minimum absolute atomic E-state index is 0. The molecule has 2 N–H and O–H groups in total. The third-order valence-electron chi connectivity index (χ3n) is 3.11. The smallest absolute Gasteiger partial charge is 0.191 e. The Kier molecular flexibility index (Phi) is 10.1. The summed E-state index contributed by atoms with van der Waals surface area (Å²) < 4.78 is 0.860. The van der Waals surface area contributed by atoms with E-state index in [2.05, 4.69) is 40.4 Å². The van der Waals surface area contributed by atoms with Crippen molar-refractivity contribution < 1.29 is 0 Å². The zero-order valence-corrected chi connectivity index (χ0v) is 17.0. The number of hydrogen-bond acceptors (Lipinski definition) is 3. The van der Waals surface area contributed by atoms with Gasteiger partial charge in [0.05, 0.1) is 10.9 Å². The summed E-state index contributed by atoms with van der Waals surface area (Å²) in [6.45, 7) is 4.81. The standard InChI is InChI=1S/C14H22ClN3S2.HI/c1-2-16-14(18-10-12-4-3-9-19-12)17-8-7-11-5-6-13(15)20-11;/h5-6,12H,2-4,7-10H2,1H3,(H2,16,17,18);1H. The fraction of sp³-hybridized carbons (Fsp3) is 0.643. The number of nitrogens with one attached hydrogen (secondary N) is 2. The summed E-state index contributed by atoms with van der Waals surface area (Å²) >= 11 is 9.63. The number of thiophene rings is 1. The van der Waals surface area contributed by atoms with Crippen molar-refractivity contribution in [2.75, 3.05) is 25.4 Å². The van der Waals surface area contributed by atoms with Crippen LogP contribution in [0.15, 0.2) is 17.1 Å². The van der Waals surface area contributed by atoms with Gasteiger partial charge in [0.25, 0.3) is 0 Å². The molecule has 1 atom stereocenters. The number of rotatable bonds is 6. The molecule has 1 aliphatic heterocycles. The molecule has 0 radical (unpaired) electrons. The van der Waals surface area contributed by atoms with Gasteiger partial charge in [0, 0.05) is 23.2 Å². The van der Waals surface area contributed by atoms with Crippen LogP contribution in [-0.4, -0.2) is 36.6 Å². The first-order chi connectivity index (χ1) is 9.78. The van der Waals surface area contributed by atoms with E-state index in [4.69, 9.17) is 11.6 Å². The number of hydrogen-bond donors (Lipinski definition) is 2. The number of thioether (sulfide) groups is 1. The highest BCUT2D eigenvalue weighted by Crippen LogP contribution is 2.26. The van der Waals surface area contributed by atoms with Gasteiger partial charge in [0.1, 0.15) is 0 Å². The van der Waals surface area contributed by atoms with Crippen LogP contribution in [0.4, 0.5) is 0 Å². The fourth-order valence-corrected chi connectivity index (χ4v) is 4.38. The molecule has 1 unspecified atom stereocenters. The molecule has 120 valence electrons. The van der Waals surface area contributed by atoms with Crippen LogP contribution in [0, 0.1) is 0 Å². The molecule has 1 saturated heterocycles. The molecule has 1 aromatic heterocycles. The van der Waals surface area contributed by atoms with Crippen molar-refractivity contribution in [3.63, 3.8) is 0 Å². The van der Waals surface area contributed by atoms with Crippen LogP contribution in [0.1, 0.15) is 24.6 Å². The molecule has 1 fully saturated rings. The zero-order valence-electron chi connectivity index (χ0n) is 12.2. The number of nitrogens with zero attached hydrogens (tertiary/aromatic N) is 1. The first-order valence-corrected chi connectivity index (χ1v) is 9.40. The maximum absolute atomic E-state index is 5.93. The van der Waals surface area contributed by atoms with E-state index in [1.165, 1.54) is 23.5 Å². The summed E-state index contributed by atoms with van der Waals surface area (Å²) in [7, 11) is 0. The van der Waals surface area contributed by atoms with Crippen LogP contribution in [0.5, 0.6) is 0 Å². The lowest BCUT2D eigenvalue weighted by molar-refractivity contribution is 0.762. The first kappa shape index (κ1) is 19.4. The monoisotopic (exact) mass is 459 g/mol. The molecule has 0 bridgehead atoms. The Labute approximate surface area is 157 Å². The van der Waals surface area contributed by atoms with E-state index >= 15 is 0 Å². The van der Waals surface area contributed by atoms with Crippen molar-refractivity contribution in [2.45, 2.75) is 31.4 Å². The second-order valence-electron chi connectivity index (χ2n) is 4.74. The number of aliphatic imine (C=N–C) groups is 1. The van der Waals surface area contributed by atoms with Gasteiger partial charge in [-0.15, -0.1) is 35.3 Å². The minimum Gasteiger partial charge on any atom is -0.357 e. The average molecular weight is 460 g/mol. The summed E-state index contributed by atoms with van der Waals surface area (Å²) in [5.41, 5.74) is 0. The number of halogens is 2. The van der Waals surface area contributed by atoms with Gasteiger partial charge in [0.2, 0.25) is 0 Å². The van der Waals surface area contributed by atoms with Crippen LogP contribution < -0.4 is 10.6 Å². The van der Waals surface area contributed by atoms with Crippen molar-refractivity contribution in [3.8, 4) is 0 Å². The Morgan fingerprint density at radius 2 is 2.29 bits per heavy atom. The van der Waals surface area contributed by atoms with Crippen LogP contribution in [0.25, 0.3) is 0 Å². The highest BCUT2D eigenvalue weighted by atomic mass is 127. The van der Waals surface area contributed by atoms with Gasteiger partial charge in [-0.1, -0.05) is 11.6 Å². The summed E-state index contributed by atoms with van der Waals surface area (Å²) in [6.07, 6.45) is 3.63. The maximum Gasteiger partial charge on any atom is 0.191 e. The quantitative estimate of drug-likeness (QED) is 0.383. The van der Waals surface area contributed by atoms with E-state index in [0.717, 1.165) is 36.4 Å². The molecule has 2 rings (SSSR count). The first-order valence-electron chi connectivity index (χ1n) is 7.16. The molecule has 3 nitrogen and oxygen atoms in total. The van der Waals surface area contributed by atoms with Crippen molar-refractivity contribution in [2.24, 2.45) is 4.99 Å². The molecule has 1 aliphatic rings. The van der Waals surface area contributed by atoms with Crippen molar-refractivity contribution in [1.82, 2.24) is 10.6 Å². The maximum atomic E-state index is 5.93. The molecule has 0 spiro atoms. The van der Waals surface area contributed by atoms with E-state index in [1.807, 2.05) is 6.07 Å². The lowest BCUT2D eigenvalue weighted by Gasteiger charge is -2.12. The highest BCUT2D eigenvalue weighted by molar-refractivity contribution is 14.0. The van der Waals surface area contributed by atoms with Crippen LogP contribution in [-0.2, 0) is 6.42 Å². The Balaban J connectivity index is 0.00000220. The summed E-state index contributed by atoms with van der Waals surface area (Å²) in [5.74, 6) is 2.23. The third kappa shape index (κ3) is 7.43. The molecule has 0 aliphatic carbocycles. The Morgan fingerprint density at radius 1 is 1.43 bits per heavy atom. The van der Waals surface area contributed by atoms with E-state index in [-0.39, 0.29) is 24.0 Å². The molecule has 0 amide bonds. The van der Waals surface area contributed by atoms with Crippen molar-refractivity contribution in [3.05, 3.63) is 21.3 Å². The normalized spacial score (nSPS) is 18.4. The van der Waals surface area contributed by atoms with Gasteiger partial charge in [-0.2, -0.15) is 11.8 Å². The summed E-state index contributed by atoms with van der Waals surface area (Å²) in [6, 6.07) is 4.05. The average Bonchev–Trinajstić information content (AvgIpc) is 3.08. The topological polar surface area (TPSA) is 36.4 Å². The molecule has 2 heterocycles. The SMILES string of the molecule is CCNC(=NCC1CCCS1)NCCc1ccc(Cl)s1.I. The van der Waals surface area contributed by atoms with E-state index < -0.39 is 0 Å². The predicted octanol–water partition coefficient (Wildman–Crippen LogP) is 4.01. The summed E-state index contributed by atoms with van der Waals surface area (Å²) in [4.78, 5) is 5.99. The largest absolute Gasteiger partial charge is 0.357 e. The molecule has 1 aromatic rings. The van der Waals surface area contributed by atoms with Gasteiger partial charge >= 0.3 is 0 Å². The van der Waals surface area contributed by atoms with Crippen molar-refractivity contribution in [1.29, 1.82) is 0 Å². The van der Waals surface area contributed by atoms with E-state index in [1.54, 1.807) is 11.3 Å². The molecule has 0 saturated carbocycles. The molecule has 0 aromatic carbocycles. The molecule has 7 heteroatoms. The van der Waals surface area contributed by atoms with Crippen LogP contribution in [0.3, 0.4) is 0 Å². The van der Waals surface area contributed by atoms with Gasteiger partial charge in [-0.05, 0) is 44.1 Å². The lowest BCUT2D eigenvalue weighted by atomic mass is 10.2. The zero-order chi connectivity index (χ0) is 14.2. The van der Waals surface area contributed by atoms with Gasteiger partial charge < -0.3 is 10.6 Å². The van der Waals surface area contributed by atoms with Gasteiger partial charge in [-0.3, -0.25) is 4.99 Å². The van der Waals surface area contributed by atoms with E-state index in [0.29, 0.717) is 5.25 Å².